The van der Waals surface area contributed by atoms with Crippen LogP contribution in [0, 0.1) is 6.92 Å². The van der Waals surface area contributed by atoms with Crippen LogP contribution in [0.1, 0.15) is 12.5 Å². The summed E-state index contributed by atoms with van der Waals surface area (Å²) >= 11 is 0. The molecule has 0 radical (unpaired) electrons. The molecular weight excluding hydrogens is 316 g/mol. The normalized spacial score (nSPS) is 21.9. The lowest BCUT2D eigenvalue weighted by molar-refractivity contribution is 0.174. The minimum atomic E-state index is -3.49. The van der Waals surface area contributed by atoms with Gasteiger partial charge in [0.1, 0.15) is 0 Å². The molecule has 2 heterocycles. The average Bonchev–Trinajstić information content (AvgIpc) is 2.84. The van der Waals surface area contributed by atoms with Crippen LogP contribution in [-0.2, 0) is 10.0 Å². The van der Waals surface area contributed by atoms with Gasteiger partial charge in [0.25, 0.3) is 0 Å². The topological polar surface area (TPSA) is 67.9 Å². The SMILES string of the molecule is Cc1cc2c(cc1S(=O)(=O)N1CCN[C@H](C)C1)OCO2.Cl. The largest absolute Gasteiger partial charge is 0.454 e. The van der Waals surface area contributed by atoms with Crippen molar-refractivity contribution in [1.82, 2.24) is 9.62 Å². The van der Waals surface area contributed by atoms with E-state index in [1.165, 1.54) is 4.31 Å². The summed E-state index contributed by atoms with van der Waals surface area (Å²) in [6, 6.07) is 3.45. The van der Waals surface area contributed by atoms with Crippen LogP contribution in [0.3, 0.4) is 0 Å². The minimum Gasteiger partial charge on any atom is -0.454 e. The van der Waals surface area contributed by atoms with Crippen LogP contribution in [0.2, 0.25) is 0 Å². The van der Waals surface area contributed by atoms with Gasteiger partial charge in [0.05, 0.1) is 4.90 Å². The highest BCUT2D eigenvalue weighted by atomic mass is 35.5. The van der Waals surface area contributed by atoms with Crippen LogP contribution in [0.4, 0.5) is 0 Å². The highest BCUT2D eigenvalue weighted by Gasteiger charge is 2.31. The Morgan fingerprint density at radius 1 is 1.29 bits per heavy atom. The Labute approximate surface area is 130 Å². The molecule has 1 atom stereocenters. The van der Waals surface area contributed by atoms with Crippen LogP contribution >= 0.6 is 12.4 Å². The molecule has 3 rings (SSSR count). The van der Waals surface area contributed by atoms with E-state index in [0.717, 1.165) is 0 Å². The number of piperazine rings is 1. The molecule has 118 valence electrons. The molecule has 21 heavy (non-hydrogen) atoms. The summed E-state index contributed by atoms with van der Waals surface area (Å²) in [6.07, 6.45) is 0. The lowest BCUT2D eigenvalue weighted by Gasteiger charge is -2.31. The number of nitrogens with zero attached hydrogens (tertiary/aromatic N) is 1. The Morgan fingerprint density at radius 2 is 1.95 bits per heavy atom. The van der Waals surface area contributed by atoms with Crippen molar-refractivity contribution in [3.8, 4) is 11.5 Å². The molecule has 0 aliphatic carbocycles. The Kier molecular flexibility index (Phi) is 4.67. The highest BCUT2D eigenvalue weighted by molar-refractivity contribution is 7.89. The Hall–Kier alpha value is -1.02. The first-order valence-corrected chi connectivity index (χ1v) is 8.06. The molecule has 0 bridgehead atoms. The van der Waals surface area contributed by atoms with E-state index in [0.29, 0.717) is 41.6 Å². The number of hydrogen-bond donors (Lipinski definition) is 1. The lowest BCUT2D eigenvalue weighted by atomic mass is 10.2. The predicted molar refractivity (Wildman–Crippen MR) is 80.8 cm³/mol. The molecule has 1 aromatic carbocycles. The molecular formula is C13H19ClN2O4S. The number of ether oxygens (including phenoxy) is 2. The van der Waals surface area contributed by atoms with Gasteiger partial charge in [-0.05, 0) is 25.5 Å². The van der Waals surface area contributed by atoms with Gasteiger partial charge in [-0.3, -0.25) is 0 Å². The molecule has 1 N–H and O–H groups in total. The highest BCUT2D eigenvalue weighted by Crippen LogP contribution is 2.37. The molecule has 2 aliphatic heterocycles. The maximum atomic E-state index is 12.8. The summed E-state index contributed by atoms with van der Waals surface area (Å²) in [7, 11) is -3.49. The fourth-order valence-corrected chi connectivity index (χ4v) is 4.31. The van der Waals surface area contributed by atoms with Gasteiger partial charge in [-0.2, -0.15) is 4.31 Å². The Morgan fingerprint density at radius 3 is 2.62 bits per heavy atom. The molecule has 0 unspecified atom stereocenters. The third kappa shape index (κ3) is 2.96. The van der Waals surface area contributed by atoms with Gasteiger partial charge in [0.15, 0.2) is 11.5 Å². The number of rotatable bonds is 2. The van der Waals surface area contributed by atoms with Gasteiger partial charge in [0.2, 0.25) is 16.8 Å². The van der Waals surface area contributed by atoms with Crippen molar-refractivity contribution in [1.29, 1.82) is 0 Å². The van der Waals surface area contributed by atoms with E-state index < -0.39 is 10.0 Å². The summed E-state index contributed by atoms with van der Waals surface area (Å²) in [5.41, 5.74) is 0.681. The van der Waals surface area contributed by atoms with Gasteiger partial charge >= 0.3 is 0 Å². The van der Waals surface area contributed by atoms with E-state index in [1.54, 1.807) is 19.1 Å². The fraction of sp³-hybridized carbons (Fsp3) is 0.538. The van der Waals surface area contributed by atoms with Crippen LogP contribution < -0.4 is 14.8 Å². The maximum absolute atomic E-state index is 12.8. The number of nitrogens with one attached hydrogen (secondary N) is 1. The molecule has 1 saturated heterocycles. The summed E-state index contributed by atoms with van der Waals surface area (Å²) in [5, 5.41) is 3.24. The van der Waals surface area contributed by atoms with E-state index in [9.17, 15) is 8.42 Å². The number of aryl methyl sites for hydroxylation is 1. The number of hydrogen-bond acceptors (Lipinski definition) is 5. The van der Waals surface area contributed by atoms with Crippen molar-refractivity contribution in [2.24, 2.45) is 0 Å². The molecule has 6 nitrogen and oxygen atoms in total. The summed E-state index contributed by atoms with van der Waals surface area (Å²) < 4.78 is 37.6. The smallest absolute Gasteiger partial charge is 0.243 e. The van der Waals surface area contributed by atoms with Gasteiger partial charge < -0.3 is 14.8 Å². The van der Waals surface area contributed by atoms with Crippen LogP contribution in [0.15, 0.2) is 17.0 Å². The molecule has 0 spiro atoms. The molecule has 8 heteroatoms. The van der Waals surface area contributed by atoms with Crippen molar-refractivity contribution in [2.75, 3.05) is 26.4 Å². The van der Waals surface area contributed by atoms with E-state index >= 15 is 0 Å². The van der Waals surface area contributed by atoms with Crippen molar-refractivity contribution in [2.45, 2.75) is 24.8 Å². The van der Waals surface area contributed by atoms with E-state index in [2.05, 4.69) is 5.32 Å². The third-order valence-corrected chi connectivity index (χ3v) is 5.63. The second-order valence-electron chi connectivity index (χ2n) is 5.19. The number of fused-ring (bicyclic) bond motifs is 1. The summed E-state index contributed by atoms with van der Waals surface area (Å²) in [5.74, 6) is 1.10. The first-order valence-electron chi connectivity index (χ1n) is 6.62. The van der Waals surface area contributed by atoms with Crippen LogP contribution in [0.25, 0.3) is 0 Å². The van der Waals surface area contributed by atoms with E-state index in [1.807, 2.05) is 6.92 Å². The first kappa shape index (κ1) is 16.4. The zero-order valence-corrected chi connectivity index (χ0v) is 13.6. The minimum absolute atomic E-state index is 0. The quantitative estimate of drug-likeness (QED) is 0.878. The molecule has 0 saturated carbocycles. The molecule has 2 aliphatic rings. The first-order chi connectivity index (χ1) is 9.48. The average molecular weight is 335 g/mol. The summed E-state index contributed by atoms with van der Waals surface area (Å²) in [4.78, 5) is 0.302. The van der Waals surface area contributed by atoms with Crippen molar-refractivity contribution < 1.29 is 17.9 Å². The molecule has 1 fully saturated rings. The predicted octanol–water partition coefficient (Wildman–Crippen LogP) is 1.13. The monoisotopic (exact) mass is 334 g/mol. The zero-order chi connectivity index (χ0) is 14.3. The third-order valence-electron chi connectivity index (χ3n) is 3.62. The second kappa shape index (κ2) is 6.00. The molecule has 1 aromatic rings. The van der Waals surface area contributed by atoms with Gasteiger partial charge in [-0.1, -0.05) is 0 Å². The van der Waals surface area contributed by atoms with Crippen molar-refractivity contribution in [3.63, 3.8) is 0 Å². The van der Waals surface area contributed by atoms with Gasteiger partial charge in [0, 0.05) is 31.7 Å². The van der Waals surface area contributed by atoms with Crippen LogP contribution in [0.5, 0.6) is 11.5 Å². The number of benzene rings is 1. The standard InChI is InChI=1S/C13H18N2O4S.ClH/c1-9-5-11-12(19-8-18-11)6-13(9)20(16,17)15-4-3-14-10(2)7-15;/h5-6,10,14H,3-4,7-8H2,1-2H3;1H/t10-;/m1./s1. The van der Waals surface area contributed by atoms with Gasteiger partial charge in [-0.15, -0.1) is 12.4 Å². The van der Waals surface area contributed by atoms with Gasteiger partial charge in [-0.25, -0.2) is 8.42 Å². The zero-order valence-electron chi connectivity index (χ0n) is 12.0. The molecule has 0 amide bonds. The van der Waals surface area contributed by atoms with Crippen molar-refractivity contribution >= 4 is 22.4 Å². The molecule has 0 aromatic heterocycles. The maximum Gasteiger partial charge on any atom is 0.243 e. The Balaban J connectivity index is 0.00000161. The van der Waals surface area contributed by atoms with Crippen molar-refractivity contribution in [3.05, 3.63) is 17.7 Å². The number of halogens is 1. The lowest BCUT2D eigenvalue weighted by Crippen LogP contribution is -2.51. The Bertz CT molecular complexity index is 635. The second-order valence-corrected chi connectivity index (χ2v) is 7.10. The van der Waals surface area contributed by atoms with Crippen LogP contribution in [-0.4, -0.2) is 45.2 Å². The van der Waals surface area contributed by atoms with E-state index in [-0.39, 0.29) is 25.2 Å². The number of sulfonamides is 1. The fourth-order valence-electron chi connectivity index (χ4n) is 2.56. The van der Waals surface area contributed by atoms with E-state index in [4.69, 9.17) is 9.47 Å². The summed E-state index contributed by atoms with van der Waals surface area (Å²) in [6.45, 7) is 5.54.